The highest BCUT2D eigenvalue weighted by atomic mass is 32.1. The second kappa shape index (κ2) is 5.25. The van der Waals surface area contributed by atoms with Crippen molar-refractivity contribution in [2.45, 2.75) is 38.3 Å². The number of aryl methyl sites for hydroxylation is 1. The van der Waals surface area contributed by atoms with Gasteiger partial charge >= 0.3 is 0 Å². The van der Waals surface area contributed by atoms with E-state index in [2.05, 4.69) is 53.3 Å². The maximum atomic E-state index is 3.65. The fourth-order valence-corrected chi connectivity index (χ4v) is 3.41. The zero-order valence-electron chi connectivity index (χ0n) is 10.7. The Morgan fingerprint density at radius 1 is 1.22 bits per heavy atom. The third kappa shape index (κ3) is 2.50. The number of hydrogen-bond donors (Lipinski definition) is 1. The lowest BCUT2D eigenvalue weighted by Gasteiger charge is -2.37. The maximum Gasteiger partial charge on any atom is 0.0216 e. The van der Waals surface area contributed by atoms with Crippen molar-refractivity contribution < 1.29 is 0 Å². The van der Waals surface area contributed by atoms with E-state index in [1.54, 1.807) is 16.9 Å². The number of benzene rings is 1. The van der Waals surface area contributed by atoms with Gasteiger partial charge < -0.3 is 5.32 Å². The molecule has 0 aliphatic heterocycles. The highest BCUT2D eigenvalue weighted by Crippen LogP contribution is 2.38. The topological polar surface area (TPSA) is 12.0 Å². The lowest BCUT2D eigenvalue weighted by atomic mass is 9.74. The van der Waals surface area contributed by atoms with Gasteiger partial charge in [-0.3, -0.25) is 0 Å². The molecule has 1 saturated carbocycles. The van der Waals surface area contributed by atoms with Gasteiger partial charge in [0.1, 0.15) is 0 Å². The molecule has 0 atom stereocenters. The Morgan fingerprint density at radius 3 is 2.78 bits per heavy atom. The summed E-state index contributed by atoms with van der Waals surface area (Å²) in [5.41, 5.74) is 4.41. The van der Waals surface area contributed by atoms with Crippen molar-refractivity contribution in [3.8, 4) is 0 Å². The van der Waals surface area contributed by atoms with Crippen LogP contribution in [0.4, 0.5) is 0 Å². The first-order chi connectivity index (χ1) is 8.83. The molecular formula is C16H19NS. The van der Waals surface area contributed by atoms with Crippen LogP contribution in [0.25, 0.3) is 0 Å². The SMILES string of the molecule is Cc1ccccc1C1CC(NCc2ccsc2)C1. The van der Waals surface area contributed by atoms with Crippen molar-refractivity contribution in [2.75, 3.05) is 0 Å². The highest BCUT2D eigenvalue weighted by molar-refractivity contribution is 7.07. The quantitative estimate of drug-likeness (QED) is 0.870. The van der Waals surface area contributed by atoms with Crippen LogP contribution >= 0.6 is 11.3 Å². The van der Waals surface area contributed by atoms with Crippen LogP contribution < -0.4 is 5.32 Å². The van der Waals surface area contributed by atoms with Crippen LogP contribution in [0, 0.1) is 6.92 Å². The van der Waals surface area contributed by atoms with Crippen LogP contribution in [0.3, 0.4) is 0 Å². The van der Waals surface area contributed by atoms with E-state index in [4.69, 9.17) is 0 Å². The molecule has 1 aromatic heterocycles. The predicted octanol–water partition coefficient (Wildman–Crippen LogP) is 4.09. The minimum absolute atomic E-state index is 0.703. The van der Waals surface area contributed by atoms with Crippen molar-refractivity contribution in [3.63, 3.8) is 0 Å². The van der Waals surface area contributed by atoms with Crippen molar-refractivity contribution in [1.82, 2.24) is 5.32 Å². The lowest BCUT2D eigenvalue weighted by Crippen LogP contribution is -2.39. The van der Waals surface area contributed by atoms with Gasteiger partial charge in [-0.15, -0.1) is 0 Å². The van der Waals surface area contributed by atoms with Crippen LogP contribution in [0.2, 0.25) is 0 Å². The Bertz CT molecular complexity index is 498. The Labute approximate surface area is 113 Å². The van der Waals surface area contributed by atoms with E-state index in [-0.39, 0.29) is 0 Å². The first-order valence-electron chi connectivity index (χ1n) is 6.63. The molecule has 1 nitrogen and oxygen atoms in total. The summed E-state index contributed by atoms with van der Waals surface area (Å²) >= 11 is 1.78. The van der Waals surface area contributed by atoms with E-state index < -0.39 is 0 Å². The molecule has 1 heterocycles. The van der Waals surface area contributed by atoms with Crippen molar-refractivity contribution in [2.24, 2.45) is 0 Å². The minimum Gasteiger partial charge on any atom is -0.310 e. The van der Waals surface area contributed by atoms with Crippen LogP contribution in [0.15, 0.2) is 41.1 Å². The fraction of sp³-hybridized carbons (Fsp3) is 0.375. The van der Waals surface area contributed by atoms with Crippen molar-refractivity contribution in [3.05, 3.63) is 57.8 Å². The summed E-state index contributed by atoms with van der Waals surface area (Å²) in [5.74, 6) is 0.770. The number of thiophene rings is 1. The lowest BCUT2D eigenvalue weighted by molar-refractivity contribution is 0.289. The van der Waals surface area contributed by atoms with Crippen molar-refractivity contribution >= 4 is 11.3 Å². The predicted molar refractivity (Wildman–Crippen MR) is 78.1 cm³/mol. The van der Waals surface area contributed by atoms with E-state index in [1.165, 1.54) is 24.0 Å². The largest absolute Gasteiger partial charge is 0.310 e. The molecule has 2 aromatic rings. The zero-order valence-corrected chi connectivity index (χ0v) is 11.5. The molecule has 1 aliphatic carbocycles. The molecule has 18 heavy (non-hydrogen) atoms. The molecule has 1 aromatic carbocycles. The average Bonchev–Trinajstić information content (AvgIpc) is 2.82. The standard InChI is InChI=1S/C16H19NS/c1-12-4-2-3-5-16(12)14-8-15(9-14)17-10-13-6-7-18-11-13/h2-7,11,14-15,17H,8-10H2,1H3. The molecule has 0 amide bonds. The van der Waals surface area contributed by atoms with Gasteiger partial charge in [0.15, 0.2) is 0 Å². The first kappa shape index (κ1) is 11.9. The first-order valence-corrected chi connectivity index (χ1v) is 7.57. The van der Waals surface area contributed by atoms with Gasteiger partial charge in [0.2, 0.25) is 0 Å². The minimum atomic E-state index is 0.703. The van der Waals surface area contributed by atoms with Gasteiger partial charge in [0.25, 0.3) is 0 Å². The van der Waals surface area contributed by atoms with E-state index in [1.807, 2.05) is 0 Å². The molecule has 2 heteroatoms. The van der Waals surface area contributed by atoms with Gasteiger partial charge in [0.05, 0.1) is 0 Å². The summed E-state index contributed by atoms with van der Waals surface area (Å²) < 4.78 is 0. The normalized spacial score (nSPS) is 22.7. The molecule has 1 N–H and O–H groups in total. The van der Waals surface area contributed by atoms with E-state index in [9.17, 15) is 0 Å². The van der Waals surface area contributed by atoms with E-state index in [0.29, 0.717) is 6.04 Å². The van der Waals surface area contributed by atoms with E-state index >= 15 is 0 Å². The summed E-state index contributed by atoms with van der Waals surface area (Å²) in [7, 11) is 0. The molecule has 1 aliphatic rings. The van der Waals surface area contributed by atoms with Gasteiger partial charge in [-0.2, -0.15) is 11.3 Å². The molecule has 1 fully saturated rings. The molecule has 3 rings (SSSR count). The summed E-state index contributed by atoms with van der Waals surface area (Å²) in [5, 5.41) is 8.02. The fourth-order valence-electron chi connectivity index (χ4n) is 2.74. The molecule has 0 radical (unpaired) electrons. The van der Waals surface area contributed by atoms with Gasteiger partial charge in [-0.1, -0.05) is 24.3 Å². The van der Waals surface area contributed by atoms with Crippen LogP contribution in [0.1, 0.15) is 35.4 Å². The highest BCUT2D eigenvalue weighted by Gasteiger charge is 2.30. The van der Waals surface area contributed by atoms with E-state index in [0.717, 1.165) is 12.5 Å². The summed E-state index contributed by atoms with van der Waals surface area (Å²) in [6, 6.07) is 11.7. The molecule has 94 valence electrons. The maximum absolute atomic E-state index is 3.65. The summed E-state index contributed by atoms with van der Waals surface area (Å²) in [6.45, 7) is 3.25. The second-order valence-electron chi connectivity index (χ2n) is 5.23. The Balaban J connectivity index is 1.50. The van der Waals surface area contributed by atoms with Crippen LogP contribution in [-0.4, -0.2) is 6.04 Å². The molecule has 0 saturated heterocycles. The molecule has 0 bridgehead atoms. The van der Waals surface area contributed by atoms with Crippen LogP contribution in [0.5, 0.6) is 0 Å². The molecule has 0 unspecified atom stereocenters. The third-order valence-corrected chi connectivity index (χ3v) is 4.67. The average molecular weight is 257 g/mol. The number of hydrogen-bond acceptors (Lipinski definition) is 2. The summed E-state index contributed by atoms with van der Waals surface area (Å²) in [6.07, 6.45) is 2.57. The second-order valence-corrected chi connectivity index (χ2v) is 6.01. The zero-order chi connectivity index (χ0) is 12.4. The Hall–Kier alpha value is -1.12. The number of rotatable bonds is 4. The summed E-state index contributed by atoms with van der Waals surface area (Å²) in [4.78, 5) is 0. The molecular weight excluding hydrogens is 238 g/mol. The smallest absolute Gasteiger partial charge is 0.0216 e. The monoisotopic (exact) mass is 257 g/mol. The van der Waals surface area contributed by atoms with Crippen molar-refractivity contribution in [1.29, 1.82) is 0 Å². The molecule has 0 spiro atoms. The Morgan fingerprint density at radius 2 is 2.06 bits per heavy atom. The Kier molecular flexibility index (Phi) is 3.48. The van der Waals surface area contributed by atoms with Gasteiger partial charge in [0, 0.05) is 12.6 Å². The van der Waals surface area contributed by atoms with Gasteiger partial charge in [-0.25, -0.2) is 0 Å². The number of nitrogens with one attached hydrogen (secondary N) is 1. The van der Waals surface area contributed by atoms with Crippen LogP contribution in [-0.2, 0) is 6.54 Å². The third-order valence-electron chi connectivity index (χ3n) is 3.94. The van der Waals surface area contributed by atoms with Gasteiger partial charge in [-0.05, 0) is 59.2 Å².